The minimum atomic E-state index is -0.646. The Morgan fingerprint density at radius 2 is 1.54 bits per heavy atom. The number of hydrogen-bond donors (Lipinski definition) is 1. The summed E-state index contributed by atoms with van der Waals surface area (Å²) in [5.74, 6) is -1.18. The van der Waals surface area contributed by atoms with Crippen molar-refractivity contribution >= 4 is 52.7 Å². The number of amides is 4. The van der Waals surface area contributed by atoms with Crippen LogP contribution in [0, 0.1) is 0 Å². The predicted octanol–water partition coefficient (Wildman–Crippen LogP) is 3.72. The topological polar surface area (TPSA) is 105 Å². The monoisotopic (exact) mass is 541 g/mol. The zero-order valence-corrected chi connectivity index (χ0v) is 21.9. The third kappa shape index (κ3) is 4.66. The molecule has 0 aliphatic carbocycles. The number of carbonyl (C=O) groups is 4. The fraction of sp³-hybridized carbons (Fsp3) is 0.138. The summed E-state index contributed by atoms with van der Waals surface area (Å²) in [5.41, 5.74) is 1.96. The summed E-state index contributed by atoms with van der Waals surface area (Å²) in [4.78, 5) is 54.5. The van der Waals surface area contributed by atoms with Crippen LogP contribution in [0.2, 0.25) is 0 Å². The number of fused-ring (bicyclic) bond motifs is 1. The van der Waals surface area contributed by atoms with E-state index in [1.165, 1.54) is 18.1 Å². The van der Waals surface area contributed by atoms with Crippen LogP contribution in [0.1, 0.15) is 38.8 Å². The molecule has 0 atom stereocenters. The Morgan fingerprint density at radius 3 is 2.21 bits per heavy atom. The number of nitrogens with zero attached hydrogens (tertiary/aromatic N) is 2. The van der Waals surface area contributed by atoms with Gasteiger partial charge in [0.05, 0.1) is 37.1 Å². The van der Waals surface area contributed by atoms with E-state index in [1.54, 1.807) is 66.7 Å². The van der Waals surface area contributed by atoms with Gasteiger partial charge in [-0.05, 0) is 67.2 Å². The number of imide groups is 1. The fourth-order valence-electron chi connectivity index (χ4n) is 4.53. The molecule has 5 rings (SSSR count). The van der Waals surface area contributed by atoms with Crippen molar-refractivity contribution in [2.75, 3.05) is 18.6 Å². The average molecular weight is 542 g/mol. The van der Waals surface area contributed by atoms with Gasteiger partial charge in [0.2, 0.25) is 0 Å². The molecule has 0 unspecified atom stereocenters. The smallest absolute Gasteiger partial charge is 0.270 e. The number of hydrogen-bond acceptors (Lipinski definition) is 7. The summed E-state index contributed by atoms with van der Waals surface area (Å²) in [6, 6.07) is 18.5. The lowest BCUT2D eigenvalue weighted by atomic mass is 10.0. The Labute approximate surface area is 229 Å². The number of rotatable bonds is 7. The van der Waals surface area contributed by atoms with Crippen molar-refractivity contribution in [3.63, 3.8) is 0 Å². The van der Waals surface area contributed by atoms with Crippen molar-refractivity contribution in [1.82, 2.24) is 10.2 Å². The molecule has 39 heavy (non-hydrogen) atoms. The minimum Gasteiger partial charge on any atom is -0.496 e. The number of carbonyl (C=O) groups excluding carboxylic acids is 4. The maximum atomic E-state index is 13.5. The van der Waals surface area contributed by atoms with E-state index in [0.29, 0.717) is 46.0 Å². The summed E-state index contributed by atoms with van der Waals surface area (Å²) in [6.07, 6.45) is 1.43. The lowest BCUT2D eigenvalue weighted by Crippen LogP contribution is -2.54. The molecule has 0 bridgehead atoms. The molecule has 1 saturated heterocycles. The second-order valence-electron chi connectivity index (χ2n) is 8.67. The summed E-state index contributed by atoms with van der Waals surface area (Å²) >= 11 is 5.31. The molecule has 0 saturated carbocycles. The number of anilines is 1. The Morgan fingerprint density at radius 1 is 0.872 bits per heavy atom. The summed E-state index contributed by atoms with van der Waals surface area (Å²) in [5, 5.41) is 2.51. The molecule has 3 aromatic carbocycles. The van der Waals surface area contributed by atoms with Crippen molar-refractivity contribution in [2.24, 2.45) is 0 Å². The van der Waals surface area contributed by atoms with Gasteiger partial charge in [0.25, 0.3) is 23.6 Å². The van der Waals surface area contributed by atoms with Crippen LogP contribution in [0.3, 0.4) is 0 Å². The number of para-hydroxylation sites is 2. The molecule has 1 fully saturated rings. The highest BCUT2D eigenvalue weighted by molar-refractivity contribution is 7.80. The van der Waals surface area contributed by atoms with Gasteiger partial charge < -0.3 is 9.47 Å². The number of thiocarbonyl (C=S) groups is 1. The van der Waals surface area contributed by atoms with Crippen molar-refractivity contribution in [2.45, 2.75) is 13.5 Å². The van der Waals surface area contributed by atoms with Crippen molar-refractivity contribution in [3.8, 4) is 11.5 Å². The van der Waals surface area contributed by atoms with E-state index < -0.39 is 23.6 Å². The molecule has 2 aliphatic rings. The quantitative estimate of drug-likeness (QED) is 0.210. The average Bonchev–Trinajstić information content (AvgIpc) is 3.17. The molecule has 196 valence electrons. The van der Waals surface area contributed by atoms with E-state index in [1.807, 2.05) is 6.92 Å². The highest BCUT2D eigenvalue weighted by Crippen LogP contribution is 2.32. The first-order valence-electron chi connectivity index (χ1n) is 12.1. The van der Waals surface area contributed by atoms with Crippen LogP contribution in [0.15, 0.2) is 72.3 Å². The molecule has 0 spiro atoms. The van der Waals surface area contributed by atoms with Crippen LogP contribution in [0.4, 0.5) is 5.69 Å². The molecule has 3 aromatic rings. The Balaban J connectivity index is 1.48. The van der Waals surface area contributed by atoms with Gasteiger partial charge >= 0.3 is 0 Å². The molecule has 2 heterocycles. The fourth-order valence-corrected chi connectivity index (χ4v) is 4.80. The standard InChI is InChI=1S/C29H23N3O6S/c1-3-38-24-11-7-6-10-22(24)32-28(36)21(25(33)30-29(32)39)15-17-12-13-23(37-2)18(14-17)16-31-26(34)19-8-4-5-9-20(19)27(31)35/h4-15H,3,16H2,1-2H3,(H,30,33,39). The maximum absolute atomic E-state index is 13.5. The highest BCUT2D eigenvalue weighted by Gasteiger charge is 2.37. The zero-order valence-electron chi connectivity index (χ0n) is 21.1. The van der Waals surface area contributed by atoms with E-state index >= 15 is 0 Å². The van der Waals surface area contributed by atoms with Gasteiger partial charge in [0.1, 0.15) is 17.1 Å². The molecule has 4 amide bonds. The van der Waals surface area contributed by atoms with Gasteiger partial charge in [-0.15, -0.1) is 0 Å². The normalized spacial score (nSPS) is 16.1. The largest absolute Gasteiger partial charge is 0.496 e. The molecular weight excluding hydrogens is 518 g/mol. The Kier molecular flexibility index (Phi) is 6.95. The van der Waals surface area contributed by atoms with Crippen LogP contribution in [-0.4, -0.2) is 47.4 Å². The summed E-state index contributed by atoms with van der Waals surface area (Å²) in [6.45, 7) is 2.15. The summed E-state index contributed by atoms with van der Waals surface area (Å²) < 4.78 is 11.1. The molecule has 0 radical (unpaired) electrons. The molecule has 9 nitrogen and oxygen atoms in total. The van der Waals surface area contributed by atoms with E-state index in [9.17, 15) is 19.2 Å². The zero-order chi connectivity index (χ0) is 27.7. The molecule has 2 aliphatic heterocycles. The van der Waals surface area contributed by atoms with Crippen molar-refractivity contribution < 1.29 is 28.7 Å². The third-order valence-corrected chi connectivity index (χ3v) is 6.61. The molecule has 0 aromatic heterocycles. The number of ether oxygens (including phenoxy) is 2. The maximum Gasteiger partial charge on any atom is 0.270 e. The minimum absolute atomic E-state index is 0.0510. The van der Waals surface area contributed by atoms with Crippen LogP contribution >= 0.6 is 12.2 Å². The Bertz CT molecular complexity index is 1550. The van der Waals surface area contributed by atoms with Crippen LogP contribution in [0.25, 0.3) is 6.08 Å². The van der Waals surface area contributed by atoms with Gasteiger partial charge in [-0.3, -0.25) is 29.4 Å². The second kappa shape index (κ2) is 10.5. The van der Waals surface area contributed by atoms with Gasteiger partial charge in [-0.1, -0.05) is 30.3 Å². The number of benzene rings is 3. The van der Waals surface area contributed by atoms with Crippen LogP contribution < -0.4 is 19.7 Å². The molecule has 10 heteroatoms. The van der Waals surface area contributed by atoms with Crippen LogP contribution in [0.5, 0.6) is 11.5 Å². The summed E-state index contributed by atoms with van der Waals surface area (Å²) in [7, 11) is 1.48. The number of nitrogens with one attached hydrogen (secondary N) is 1. The predicted molar refractivity (Wildman–Crippen MR) is 147 cm³/mol. The van der Waals surface area contributed by atoms with Gasteiger partial charge in [-0.25, -0.2) is 4.90 Å². The lowest BCUT2D eigenvalue weighted by Gasteiger charge is -2.30. The number of methoxy groups -OCH3 is 1. The van der Waals surface area contributed by atoms with Crippen LogP contribution in [-0.2, 0) is 16.1 Å². The van der Waals surface area contributed by atoms with Crippen molar-refractivity contribution in [1.29, 1.82) is 0 Å². The molecule has 1 N–H and O–H groups in total. The highest BCUT2D eigenvalue weighted by atomic mass is 32.1. The van der Waals surface area contributed by atoms with Gasteiger partial charge in [0.15, 0.2) is 5.11 Å². The van der Waals surface area contributed by atoms with Gasteiger partial charge in [0, 0.05) is 5.56 Å². The first-order chi connectivity index (χ1) is 18.8. The van der Waals surface area contributed by atoms with E-state index in [2.05, 4.69) is 5.32 Å². The second-order valence-corrected chi connectivity index (χ2v) is 9.06. The van der Waals surface area contributed by atoms with Gasteiger partial charge in [-0.2, -0.15) is 0 Å². The SMILES string of the molecule is CCOc1ccccc1N1C(=O)C(=Cc2ccc(OC)c(CN3C(=O)c4ccccc4C3=O)c2)C(=O)NC1=S. The first-order valence-corrected chi connectivity index (χ1v) is 12.5. The van der Waals surface area contributed by atoms with E-state index in [4.69, 9.17) is 21.7 Å². The molecular formula is C29H23N3O6S. The van der Waals surface area contributed by atoms with E-state index in [0.717, 1.165) is 4.90 Å². The lowest BCUT2D eigenvalue weighted by molar-refractivity contribution is -0.122. The van der Waals surface area contributed by atoms with Crippen molar-refractivity contribution in [3.05, 3.63) is 94.6 Å². The third-order valence-electron chi connectivity index (χ3n) is 6.33. The first kappa shape index (κ1) is 25.8. The Hall–Kier alpha value is -4.83. The van der Waals surface area contributed by atoms with E-state index in [-0.39, 0.29) is 17.2 Å².